The molecule has 0 spiro atoms. The second-order valence-electron chi connectivity index (χ2n) is 5.48. The molecular weight excluding hydrogens is 285 g/mol. The third kappa shape index (κ3) is 3.58. The first-order chi connectivity index (χ1) is 9.26. The summed E-state index contributed by atoms with van der Waals surface area (Å²) in [4.78, 5) is 4.87. The van der Waals surface area contributed by atoms with Gasteiger partial charge in [0, 0.05) is 35.3 Å². The number of thiazole rings is 1. The highest BCUT2D eigenvalue weighted by atomic mass is 32.1. The van der Waals surface area contributed by atoms with Gasteiger partial charge in [-0.1, -0.05) is 0 Å². The van der Waals surface area contributed by atoms with Gasteiger partial charge in [-0.15, -0.1) is 11.3 Å². The zero-order valence-electron chi connectivity index (χ0n) is 11.4. The first-order valence-electron chi connectivity index (χ1n) is 6.11. The van der Waals surface area contributed by atoms with E-state index in [2.05, 4.69) is 10.3 Å². The Bertz CT molecular complexity index is 594. The highest BCUT2D eigenvalue weighted by molar-refractivity contribution is 7.15. The molecular formula is C14H15F3N2S. The van der Waals surface area contributed by atoms with Crippen molar-refractivity contribution < 1.29 is 13.2 Å². The maximum atomic E-state index is 13.7. The second kappa shape index (κ2) is 5.54. The molecule has 108 valence electrons. The van der Waals surface area contributed by atoms with Crippen LogP contribution in [0.3, 0.4) is 0 Å². The Hall–Kier alpha value is -1.40. The predicted octanol–water partition coefficient (Wildman–Crippen LogP) is 4.12. The van der Waals surface area contributed by atoms with Gasteiger partial charge in [-0.3, -0.25) is 0 Å². The monoisotopic (exact) mass is 300 g/mol. The van der Waals surface area contributed by atoms with Crippen molar-refractivity contribution in [2.75, 3.05) is 0 Å². The van der Waals surface area contributed by atoms with Crippen LogP contribution in [0.2, 0.25) is 0 Å². The molecule has 0 atom stereocenters. The van der Waals surface area contributed by atoms with Gasteiger partial charge in [0.15, 0.2) is 0 Å². The van der Waals surface area contributed by atoms with E-state index in [-0.39, 0.29) is 16.1 Å². The molecule has 1 aromatic carbocycles. The van der Waals surface area contributed by atoms with E-state index in [1.807, 2.05) is 20.8 Å². The first kappa shape index (κ1) is 15.0. The zero-order valence-corrected chi connectivity index (χ0v) is 12.2. The molecule has 0 aliphatic heterocycles. The smallest absolute Gasteiger partial charge is 0.139 e. The number of aromatic nitrogens is 1. The minimum atomic E-state index is -0.938. The SMILES string of the molecule is CC(C)(C)NCc1cnc(-c2c(F)cc(F)cc2F)s1. The number of rotatable bonds is 3. The lowest BCUT2D eigenvalue weighted by molar-refractivity contribution is 0.426. The molecule has 2 rings (SSSR count). The molecule has 0 radical (unpaired) electrons. The fourth-order valence-electron chi connectivity index (χ4n) is 1.60. The van der Waals surface area contributed by atoms with E-state index in [1.54, 1.807) is 6.20 Å². The fraction of sp³-hybridized carbons (Fsp3) is 0.357. The summed E-state index contributed by atoms with van der Waals surface area (Å²) in [7, 11) is 0. The Morgan fingerprint density at radius 3 is 2.30 bits per heavy atom. The number of benzene rings is 1. The van der Waals surface area contributed by atoms with Crippen LogP contribution in [0.15, 0.2) is 18.3 Å². The van der Waals surface area contributed by atoms with Crippen molar-refractivity contribution in [3.63, 3.8) is 0 Å². The van der Waals surface area contributed by atoms with Crippen LogP contribution in [-0.2, 0) is 6.54 Å². The largest absolute Gasteiger partial charge is 0.307 e. The van der Waals surface area contributed by atoms with Crippen LogP contribution in [0.4, 0.5) is 13.2 Å². The molecule has 2 nitrogen and oxygen atoms in total. The van der Waals surface area contributed by atoms with Crippen LogP contribution in [0.1, 0.15) is 25.6 Å². The number of nitrogens with one attached hydrogen (secondary N) is 1. The van der Waals surface area contributed by atoms with E-state index < -0.39 is 17.5 Å². The van der Waals surface area contributed by atoms with Crippen molar-refractivity contribution in [1.29, 1.82) is 0 Å². The Morgan fingerprint density at radius 2 is 1.75 bits per heavy atom. The summed E-state index contributed by atoms with van der Waals surface area (Å²) >= 11 is 1.18. The van der Waals surface area contributed by atoms with E-state index in [4.69, 9.17) is 0 Å². The van der Waals surface area contributed by atoms with Crippen LogP contribution < -0.4 is 5.32 Å². The van der Waals surface area contributed by atoms with Gasteiger partial charge >= 0.3 is 0 Å². The van der Waals surface area contributed by atoms with E-state index in [0.717, 1.165) is 4.88 Å². The molecule has 0 bridgehead atoms. The number of nitrogens with zero attached hydrogens (tertiary/aromatic N) is 1. The van der Waals surface area contributed by atoms with E-state index in [1.165, 1.54) is 11.3 Å². The minimum absolute atomic E-state index is 0.0590. The standard InChI is InChI=1S/C14H15F3N2S/c1-14(2,3)19-7-9-6-18-13(20-9)12-10(16)4-8(15)5-11(12)17/h4-6,19H,7H2,1-3H3. The molecule has 0 aliphatic carbocycles. The highest BCUT2D eigenvalue weighted by Crippen LogP contribution is 2.30. The summed E-state index contributed by atoms with van der Waals surface area (Å²) in [6.45, 7) is 6.63. The number of hydrogen-bond donors (Lipinski definition) is 1. The third-order valence-electron chi connectivity index (χ3n) is 2.57. The zero-order chi connectivity index (χ0) is 14.9. The van der Waals surface area contributed by atoms with Crippen molar-refractivity contribution >= 4 is 11.3 Å². The third-order valence-corrected chi connectivity index (χ3v) is 3.58. The normalized spacial score (nSPS) is 11.9. The molecule has 1 heterocycles. The van der Waals surface area contributed by atoms with Gasteiger partial charge in [-0.2, -0.15) is 0 Å². The van der Waals surface area contributed by atoms with Crippen LogP contribution in [0, 0.1) is 17.5 Å². The average molecular weight is 300 g/mol. The minimum Gasteiger partial charge on any atom is -0.307 e. The first-order valence-corrected chi connectivity index (χ1v) is 6.92. The lowest BCUT2D eigenvalue weighted by Crippen LogP contribution is -2.34. The van der Waals surface area contributed by atoms with Crippen molar-refractivity contribution in [3.05, 3.63) is 40.7 Å². The van der Waals surface area contributed by atoms with E-state index >= 15 is 0 Å². The molecule has 0 fully saturated rings. The van der Waals surface area contributed by atoms with E-state index in [9.17, 15) is 13.2 Å². The van der Waals surface area contributed by atoms with Crippen LogP contribution in [0.25, 0.3) is 10.6 Å². The lowest BCUT2D eigenvalue weighted by atomic mass is 10.1. The van der Waals surface area contributed by atoms with Gasteiger partial charge < -0.3 is 5.32 Å². The maximum absolute atomic E-state index is 13.7. The highest BCUT2D eigenvalue weighted by Gasteiger charge is 2.17. The topological polar surface area (TPSA) is 24.9 Å². The van der Waals surface area contributed by atoms with E-state index in [0.29, 0.717) is 18.7 Å². The molecule has 20 heavy (non-hydrogen) atoms. The predicted molar refractivity (Wildman–Crippen MR) is 74.0 cm³/mol. The van der Waals surface area contributed by atoms with Gasteiger partial charge in [0.1, 0.15) is 22.5 Å². The van der Waals surface area contributed by atoms with Gasteiger partial charge in [0.2, 0.25) is 0 Å². The van der Waals surface area contributed by atoms with Gasteiger partial charge in [-0.05, 0) is 20.8 Å². The van der Waals surface area contributed by atoms with Crippen molar-refractivity contribution in [3.8, 4) is 10.6 Å². The van der Waals surface area contributed by atoms with Gasteiger partial charge in [0.25, 0.3) is 0 Å². The van der Waals surface area contributed by atoms with Crippen molar-refractivity contribution in [2.45, 2.75) is 32.9 Å². The van der Waals surface area contributed by atoms with Crippen molar-refractivity contribution in [2.24, 2.45) is 0 Å². The molecule has 6 heteroatoms. The summed E-state index contributed by atoms with van der Waals surface area (Å²) in [6.07, 6.45) is 1.57. The summed E-state index contributed by atoms with van der Waals surface area (Å²) < 4.78 is 40.2. The Balaban J connectivity index is 2.25. The van der Waals surface area contributed by atoms with Crippen molar-refractivity contribution in [1.82, 2.24) is 10.3 Å². The lowest BCUT2D eigenvalue weighted by Gasteiger charge is -2.19. The summed E-state index contributed by atoms with van der Waals surface area (Å²) in [5.41, 5.74) is -0.338. The summed E-state index contributed by atoms with van der Waals surface area (Å²) in [6, 6.07) is 1.32. The fourth-order valence-corrected chi connectivity index (χ4v) is 2.50. The Morgan fingerprint density at radius 1 is 1.15 bits per heavy atom. The van der Waals surface area contributed by atoms with Crippen LogP contribution in [-0.4, -0.2) is 10.5 Å². The molecule has 2 aromatic rings. The molecule has 1 aromatic heterocycles. The second-order valence-corrected chi connectivity index (χ2v) is 6.59. The number of halogens is 3. The molecule has 0 amide bonds. The average Bonchev–Trinajstić information content (AvgIpc) is 2.72. The number of hydrogen-bond acceptors (Lipinski definition) is 3. The molecule has 0 saturated heterocycles. The maximum Gasteiger partial charge on any atom is 0.139 e. The molecule has 1 N–H and O–H groups in total. The molecule has 0 aliphatic rings. The summed E-state index contributed by atoms with van der Waals surface area (Å²) in [5.74, 6) is -2.81. The molecule has 0 saturated carbocycles. The Kier molecular flexibility index (Phi) is 4.15. The molecule has 0 unspecified atom stereocenters. The van der Waals surface area contributed by atoms with Gasteiger partial charge in [-0.25, -0.2) is 18.2 Å². The summed E-state index contributed by atoms with van der Waals surface area (Å²) in [5, 5.41) is 3.48. The van der Waals surface area contributed by atoms with Gasteiger partial charge in [0.05, 0.1) is 5.56 Å². The van der Waals surface area contributed by atoms with Crippen LogP contribution in [0.5, 0.6) is 0 Å². The van der Waals surface area contributed by atoms with Crippen LogP contribution >= 0.6 is 11.3 Å². The Labute approximate surface area is 119 Å². The quantitative estimate of drug-likeness (QED) is 0.922.